The number of halogens is 3. The van der Waals surface area contributed by atoms with Gasteiger partial charge in [-0.05, 0) is 31.0 Å². The number of alkyl halides is 3. The molecule has 1 saturated heterocycles. The minimum absolute atomic E-state index is 0.309. The van der Waals surface area contributed by atoms with Crippen molar-refractivity contribution in [3.63, 3.8) is 0 Å². The quantitative estimate of drug-likeness (QED) is 0.845. The molecule has 0 unspecified atom stereocenters. The highest BCUT2D eigenvalue weighted by Gasteiger charge is 2.33. The number of hydrogen-bond donors (Lipinski definition) is 2. The molecular formula is C15H16F3N3O4. The molecule has 1 aliphatic rings. The Hall–Kier alpha value is -2.78. The zero-order chi connectivity index (χ0) is 18.6. The number of rotatable bonds is 4. The first-order chi connectivity index (χ1) is 11.7. The van der Waals surface area contributed by atoms with Crippen LogP contribution in [0.3, 0.4) is 0 Å². The number of nitrogens with one attached hydrogen (secondary N) is 1. The van der Waals surface area contributed by atoms with Crippen LogP contribution in [0.5, 0.6) is 5.75 Å². The van der Waals surface area contributed by atoms with Crippen LogP contribution in [0.4, 0.5) is 18.0 Å². The largest absolute Gasteiger partial charge is 0.416 e. The number of benzene rings is 1. The first kappa shape index (κ1) is 18.6. The average molecular weight is 359 g/mol. The number of carbonyl (C=O) groups is 3. The normalized spacial score (nSPS) is 17.2. The van der Waals surface area contributed by atoms with E-state index in [1.165, 1.54) is 11.0 Å². The summed E-state index contributed by atoms with van der Waals surface area (Å²) in [7, 11) is 0. The van der Waals surface area contributed by atoms with E-state index in [0.29, 0.717) is 25.5 Å². The lowest BCUT2D eigenvalue weighted by Gasteiger charge is -2.22. The summed E-state index contributed by atoms with van der Waals surface area (Å²) in [5.41, 5.74) is 4.23. The molecule has 0 spiro atoms. The number of hydrogen-bond acceptors (Lipinski definition) is 4. The minimum atomic E-state index is -4.56. The zero-order valence-corrected chi connectivity index (χ0v) is 13.0. The van der Waals surface area contributed by atoms with E-state index in [-0.39, 0.29) is 5.75 Å². The third-order valence-electron chi connectivity index (χ3n) is 3.66. The lowest BCUT2D eigenvalue weighted by atomic mass is 10.2. The Balaban J connectivity index is 1.89. The SMILES string of the molecule is NC(=O)[C@@H]1CCCN1C(=O)CNC(=O)Oc1cccc(C(F)(F)F)c1. The molecule has 7 nitrogen and oxygen atoms in total. The zero-order valence-electron chi connectivity index (χ0n) is 13.0. The molecule has 0 bridgehead atoms. The van der Waals surface area contributed by atoms with Crippen molar-refractivity contribution >= 4 is 17.9 Å². The van der Waals surface area contributed by atoms with Crippen molar-refractivity contribution in [2.75, 3.05) is 13.1 Å². The molecular weight excluding hydrogens is 343 g/mol. The van der Waals surface area contributed by atoms with Crippen LogP contribution in [0.15, 0.2) is 24.3 Å². The molecule has 1 aromatic carbocycles. The van der Waals surface area contributed by atoms with Crippen LogP contribution < -0.4 is 15.8 Å². The molecule has 136 valence electrons. The number of ether oxygens (including phenoxy) is 1. The van der Waals surface area contributed by atoms with Gasteiger partial charge in [0.15, 0.2) is 0 Å². The fraction of sp³-hybridized carbons (Fsp3) is 0.400. The maximum atomic E-state index is 12.6. The van der Waals surface area contributed by atoms with Gasteiger partial charge in [-0.25, -0.2) is 4.79 Å². The van der Waals surface area contributed by atoms with Crippen LogP contribution >= 0.6 is 0 Å². The molecule has 25 heavy (non-hydrogen) atoms. The average Bonchev–Trinajstić information content (AvgIpc) is 3.02. The highest BCUT2D eigenvalue weighted by atomic mass is 19.4. The number of nitrogens with two attached hydrogens (primary N) is 1. The molecule has 0 saturated carbocycles. The van der Waals surface area contributed by atoms with Gasteiger partial charge in [0.1, 0.15) is 18.3 Å². The second-order valence-corrected chi connectivity index (χ2v) is 5.42. The first-order valence-electron chi connectivity index (χ1n) is 7.40. The van der Waals surface area contributed by atoms with Crippen LogP contribution in [0, 0.1) is 0 Å². The summed E-state index contributed by atoms with van der Waals surface area (Å²) in [4.78, 5) is 36.1. The van der Waals surface area contributed by atoms with Crippen molar-refractivity contribution < 1.29 is 32.3 Å². The molecule has 3 N–H and O–H groups in total. The van der Waals surface area contributed by atoms with E-state index in [0.717, 1.165) is 12.1 Å². The Labute approximate surface area is 140 Å². The summed E-state index contributed by atoms with van der Waals surface area (Å²) in [6.07, 6.45) is -4.57. The number of likely N-dealkylation sites (tertiary alicyclic amines) is 1. The van der Waals surface area contributed by atoms with Crippen molar-refractivity contribution in [3.8, 4) is 5.75 Å². The predicted octanol–water partition coefficient (Wildman–Crippen LogP) is 1.27. The third-order valence-corrected chi connectivity index (χ3v) is 3.66. The van der Waals surface area contributed by atoms with Crippen molar-refractivity contribution in [1.82, 2.24) is 10.2 Å². The van der Waals surface area contributed by atoms with Crippen LogP contribution in [0.25, 0.3) is 0 Å². The lowest BCUT2D eigenvalue weighted by Crippen LogP contribution is -2.47. The van der Waals surface area contributed by atoms with Crippen LogP contribution in [0.1, 0.15) is 18.4 Å². The maximum absolute atomic E-state index is 12.6. The number of amides is 3. The van der Waals surface area contributed by atoms with Gasteiger partial charge in [0.05, 0.1) is 5.56 Å². The van der Waals surface area contributed by atoms with E-state index < -0.39 is 42.2 Å². The molecule has 0 aliphatic carbocycles. The molecule has 0 aromatic heterocycles. The molecule has 2 rings (SSSR count). The van der Waals surface area contributed by atoms with E-state index in [9.17, 15) is 27.6 Å². The van der Waals surface area contributed by atoms with E-state index in [1.54, 1.807) is 0 Å². The molecule has 1 fully saturated rings. The van der Waals surface area contributed by atoms with Gasteiger partial charge >= 0.3 is 12.3 Å². The van der Waals surface area contributed by atoms with E-state index >= 15 is 0 Å². The Morgan fingerprint density at radius 1 is 1.32 bits per heavy atom. The van der Waals surface area contributed by atoms with Gasteiger partial charge in [-0.15, -0.1) is 0 Å². The van der Waals surface area contributed by atoms with Gasteiger partial charge in [0.2, 0.25) is 11.8 Å². The van der Waals surface area contributed by atoms with Crippen molar-refractivity contribution in [2.24, 2.45) is 5.73 Å². The molecule has 1 heterocycles. The van der Waals surface area contributed by atoms with Gasteiger partial charge in [0.25, 0.3) is 0 Å². The van der Waals surface area contributed by atoms with E-state index in [2.05, 4.69) is 5.32 Å². The van der Waals surface area contributed by atoms with Gasteiger partial charge in [-0.2, -0.15) is 13.2 Å². The van der Waals surface area contributed by atoms with E-state index in [4.69, 9.17) is 10.5 Å². The topological polar surface area (TPSA) is 102 Å². The Morgan fingerprint density at radius 3 is 2.68 bits per heavy atom. The monoisotopic (exact) mass is 359 g/mol. The van der Waals surface area contributed by atoms with E-state index in [1.807, 2.05) is 0 Å². The summed E-state index contributed by atoms with van der Waals surface area (Å²) >= 11 is 0. The highest BCUT2D eigenvalue weighted by molar-refractivity contribution is 5.89. The fourth-order valence-electron chi connectivity index (χ4n) is 2.49. The summed E-state index contributed by atoms with van der Waals surface area (Å²) in [6, 6.07) is 3.07. The molecule has 1 aromatic rings. The summed E-state index contributed by atoms with van der Waals surface area (Å²) < 4.78 is 42.5. The van der Waals surface area contributed by atoms with Gasteiger partial charge in [0, 0.05) is 6.54 Å². The standard InChI is InChI=1S/C15H16F3N3O4/c16-15(17,18)9-3-1-4-10(7-9)25-14(24)20-8-12(22)21-6-2-5-11(21)13(19)23/h1,3-4,7,11H,2,5-6,8H2,(H2,19,23)(H,20,24)/t11-/m0/s1. The second kappa shape index (κ2) is 7.41. The van der Waals surface area contributed by atoms with Crippen molar-refractivity contribution in [2.45, 2.75) is 25.1 Å². The Morgan fingerprint density at radius 2 is 2.04 bits per heavy atom. The summed E-state index contributed by atoms with van der Waals surface area (Å²) in [5, 5.41) is 2.14. The van der Waals surface area contributed by atoms with Gasteiger partial charge in [-0.3, -0.25) is 9.59 Å². The maximum Gasteiger partial charge on any atom is 0.416 e. The fourth-order valence-corrected chi connectivity index (χ4v) is 2.49. The highest BCUT2D eigenvalue weighted by Crippen LogP contribution is 2.31. The molecule has 3 amide bonds. The number of primary amides is 1. The number of nitrogens with zero attached hydrogens (tertiary/aromatic N) is 1. The first-order valence-corrected chi connectivity index (χ1v) is 7.40. The predicted molar refractivity (Wildman–Crippen MR) is 79.4 cm³/mol. The molecule has 1 atom stereocenters. The summed E-state index contributed by atoms with van der Waals surface area (Å²) in [6.45, 7) is -0.113. The lowest BCUT2D eigenvalue weighted by molar-refractivity contribution is -0.137. The second-order valence-electron chi connectivity index (χ2n) is 5.42. The van der Waals surface area contributed by atoms with Crippen LogP contribution in [-0.4, -0.2) is 41.9 Å². The molecule has 0 radical (unpaired) electrons. The van der Waals surface area contributed by atoms with Gasteiger partial charge in [-0.1, -0.05) is 6.07 Å². The minimum Gasteiger partial charge on any atom is -0.410 e. The van der Waals surface area contributed by atoms with Crippen molar-refractivity contribution in [3.05, 3.63) is 29.8 Å². The van der Waals surface area contributed by atoms with Crippen molar-refractivity contribution in [1.29, 1.82) is 0 Å². The number of carbonyl (C=O) groups excluding carboxylic acids is 3. The Bertz CT molecular complexity index is 678. The van der Waals surface area contributed by atoms with Gasteiger partial charge < -0.3 is 20.7 Å². The summed E-state index contributed by atoms with van der Waals surface area (Å²) in [5.74, 6) is -1.46. The van der Waals surface area contributed by atoms with Crippen LogP contribution in [-0.2, 0) is 15.8 Å². The van der Waals surface area contributed by atoms with Crippen LogP contribution in [0.2, 0.25) is 0 Å². The smallest absolute Gasteiger partial charge is 0.410 e. The molecule has 10 heteroatoms. The Kier molecular flexibility index (Phi) is 5.50. The third kappa shape index (κ3) is 4.85. The molecule has 1 aliphatic heterocycles.